The monoisotopic (exact) mass is 513 g/mol. The van der Waals surface area contributed by atoms with Crippen molar-refractivity contribution in [2.45, 2.75) is 6.04 Å². The zero-order valence-corrected chi connectivity index (χ0v) is 20.4. The summed E-state index contributed by atoms with van der Waals surface area (Å²) in [4.78, 5) is 32.1. The van der Waals surface area contributed by atoms with Crippen LogP contribution in [0, 0.1) is 0 Å². The molecule has 1 N–H and O–H groups in total. The van der Waals surface area contributed by atoms with Crippen LogP contribution in [0.4, 0.5) is 5.69 Å². The van der Waals surface area contributed by atoms with Gasteiger partial charge in [-0.25, -0.2) is 0 Å². The molecule has 2 aliphatic rings. The minimum atomic E-state index is -0.654. The maximum atomic E-state index is 13.1. The number of morpholine rings is 1. The number of anilines is 1. The molecule has 1 amide bonds. The fourth-order valence-electron chi connectivity index (χ4n) is 4.25. The minimum absolute atomic E-state index is 0.127. The van der Waals surface area contributed by atoms with Crippen LogP contribution in [0.25, 0.3) is 5.76 Å². The van der Waals surface area contributed by atoms with Gasteiger partial charge in [-0.2, -0.15) is 0 Å². The van der Waals surface area contributed by atoms with E-state index in [4.69, 9.17) is 4.74 Å². The first kappa shape index (κ1) is 23.5. The molecule has 2 fully saturated rings. The van der Waals surface area contributed by atoms with Crippen LogP contribution in [0.1, 0.15) is 17.2 Å². The molecule has 0 unspecified atom stereocenters. The van der Waals surface area contributed by atoms with Crippen molar-refractivity contribution in [3.8, 4) is 0 Å². The van der Waals surface area contributed by atoms with Crippen molar-refractivity contribution in [3.05, 3.63) is 69.7 Å². The first-order valence-electron chi connectivity index (χ1n) is 11.0. The number of aliphatic hydroxyl groups excluding tert-OH is 1. The molecule has 33 heavy (non-hydrogen) atoms. The van der Waals surface area contributed by atoms with E-state index in [9.17, 15) is 14.7 Å². The van der Waals surface area contributed by atoms with E-state index in [1.165, 1.54) is 0 Å². The van der Waals surface area contributed by atoms with Gasteiger partial charge in [0.25, 0.3) is 11.7 Å². The molecule has 0 radical (unpaired) electrons. The number of carbonyl (C=O) groups is 2. The van der Waals surface area contributed by atoms with Crippen LogP contribution in [0.3, 0.4) is 0 Å². The van der Waals surface area contributed by atoms with Crippen LogP contribution in [-0.2, 0) is 14.3 Å². The van der Waals surface area contributed by atoms with Gasteiger partial charge >= 0.3 is 0 Å². The maximum Gasteiger partial charge on any atom is 0.295 e. The number of benzene rings is 2. The Labute approximate surface area is 202 Å². The summed E-state index contributed by atoms with van der Waals surface area (Å²) in [5, 5.41) is 11.1. The molecule has 0 aromatic heterocycles. The van der Waals surface area contributed by atoms with Crippen molar-refractivity contribution >= 4 is 39.1 Å². The molecular weight excluding hydrogens is 486 g/mol. The van der Waals surface area contributed by atoms with Gasteiger partial charge in [0.1, 0.15) is 5.76 Å². The Bertz CT molecular complexity index is 1040. The maximum absolute atomic E-state index is 13.1. The summed E-state index contributed by atoms with van der Waals surface area (Å²) >= 11 is 3.39. The Morgan fingerprint density at radius 1 is 1.03 bits per heavy atom. The topological polar surface area (TPSA) is 73.3 Å². The van der Waals surface area contributed by atoms with E-state index < -0.39 is 17.7 Å². The van der Waals surface area contributed by atoms with Crippen LogP contribution in [0.2, 0.25) is 0 Å². The van der Waals surface area contributed by atoms with Crippen LogP contribution >= 0.6 is 15.9 Å². The normalized spacial score (nSPS) is 20.9. The average molecular weight is 514 g/mol. The lowest BCUT2D eigenvalue weighted by Crippen LogP contribution is -2.42. The van der Waals surface area contributed by atoms with Crippen LogP contribution < -0.4 is 4.90 Å². The molecule has 4 rings (SSSR count). The molecule has 8 heteroatoms. The molecule has 2 aromatic rings. The van der Waals surface area contributed by atoms with Gasteiger partial charge in [0.05, 0.1) is 24.8 Å². The zero-order valence-electron chi connectivity index (χ0n) is 18.8. The number of carbonyl (C=O) groups excluding carboxylic acids is 2. The van der Waals surface area contributed by atoms with Gasteiger partial charge < -0.3 is 19.6 Å². The Morgan fingerprint density at radius 3 is 2.27 bits per heavy atom. The molecule has 0 saturated carbocycles. The summed E-state index contributed by atoms with van der Waals surface area (Å²) in [6, 6.07) is 14.2. The van der Waals surface area contributed by atoms with E-state index in [2.05, 4.69) is 20.8 Å². The van der Waals surface area contributed by atoms with Gasteiger partial charge in [-0.1, -0.05) is 40.2 Å². The molecule has 7 nitrogen and oxygen atoms in total. The lowest BCUT2D eigenvalue weighted by atomic mass is 9.95. The van der Waals surface area contributed by atoms with Gasteiger partial charge in [-0.15, -0.1) is 0 Å². The van der Waals surface area contributed by atoms with Gasteiger partial charge in [0.2, 0.25) is 0 Å². The van der Waals surface area contributed by atoms with Crippen molar-refractivity contribution < 1.29 is 19.4 Å². The largest absolute Gasteiger partial charge is 0.507 e. The highest BCUT2D eigenvalue weighted by Gasteiger charge is 2.46. The summed E-state index contributed by atoms with van der Waals surface area (Å²) in [6.45, 7) is 3.95. The lowest BCUT2D eigenvalue weighted by molar-refractivity contribution is -0.140. The number of halogens is 1. The molecular formula is C25H28BrN3O4. The van der Waals surface area contributed by atoms with Crippen molar-refractivity contribution in [1.82, 2.24) is 9.80 Å². The number of aliphatic hydroxyl groups is 1. The van der Waals surface area contributed by atoms with Crippen molar-refractivity contribution in [3.63, 3.8) is 0 Å². The van der Waals surface area contributed by atoms with Crippen molar-refractivity contribution in [2.75, 3.05) is 58.4 Å². The number of amides is 1. The Morgan fingerprint density at radius 2 is 1.67 bits per heavy atom. The third-order valence-electron chi connectivity index (χ3n) is 6.14. The fraction of sp³-hybridized carbons (Fsp3) is 0.360. The molecule has 2 saturated heterocycles. The molecule has 2 aliphatic heterocycles. The number of Topliss-reactive ketones (excluding diaryl/α,β-unsaturated/α-hetero) is 1. The standard InChI is InChI=1S/C25H28BrN3O4/c1-27(2)20-9-5-17(6-10-20)22-21(23(30)18-3-7-19(26)8-4-18)24(31)25(32)29(22)12-11-28-13-15-33-16-14-28/h3-10,22,30H,11-16H2,1-2H3/t22-/m0/s1. The number of ketones is 1. The molecule has 2 aromatic carbocycles. The summed E-state index contributed by atoms with van der Waals surface area (Å²) < 4.78 is 6.27. The van der Waals surface area contributed by atoms with Crippen LogP contribution in [0.5, 0.6) is 0 Å². The first-order valence-corrected chi connectivity index (χ1v) is 11.8. The summed E-state index contributed by atoms with van der Waals surface area (Å²) in [5.74, 6) is -1.39. The van der Waals surface area contributed by atoms with E-state index in [0.717, 1.165) is 28.8 Å². The quantitative estimate of drug-likeness (QED) is 0.363. The second kappa shape index (κ2) is 10.1. The second-order valence-electron chi connectivity index (χ2n) is 8.44. The van der Waals surface area contributed by atoms with E-state index in [-0.39, 0.29) is 11.3 Å². The number of likely N-dealkylation sites (tertiary alicyclic amines) is 1. The predicted octanol–water partition coefficient (Wildman–Crippen LogP) is 3.27. The Balaban J connectivity index is 1.73. The van der Waals surface area contributed by atoms with Gasteiger partial charge in [-0.05, 0) is 29.8 Å². The summed E-state index contributed by atoms with van der Waals surface area (Å²) in [5.41, 5.74) is 2.43. The van der Waals surface area contributed by atoms with E-state index in [1.54, 1.807) is 29.2 Å². The summed E-state index contributed by atoms with van der Waals surface area (Å²) in [6.07, 6.45) is 0. The SMILES string of the molecule is CN(C)c1ccc([C@H]2C(=C(O)c3ccc(Br)cc3)C(=O)C(=O)N2CCN2CCOCC2)cc1. The predicted molar refractivity (Wildman–Crippen MR) is 131 cm³/mol. The Kier molecular flexibility index (Phi) is 7.17. The number of hydrogen-bond acceptors (Lipinski definition) is 6. The smallest absolute Gasteiger partial charge is 0.295 e. The van der Waals surface area contributed by atoms with Gasteiger partial charge in [0, 0.05) is 56.0 Å². The first-order chi connectivity index (χ1) is 15.9. The average Bonchev–Trinajstić information content (AvgIpc) is 3.08. The van der Waals surface area contributed by atoms with Gasteiger partial charge in [-0.3, -0.25) is 14.5 Å². The third kappa shape index (κ3) is 4.98. The molecule has 0 aliphatic carbocycles. The van der Waals surface area contributed by atoms with Crippen LogP contribution in [-0.4, -0.2) is 80.1 Å². The molecule has 0 bridgehead atoms. The number of rotatable bonds is 6. The number of hydrogen-bond donors (Lipinski definition) is 1. The Hall–Kier alpha value is -2.68. The number of nitrogens with zero attached hydrogens (tertiary/aromatic N) is 3. The van der Waals surface area contributed by atoms with E-state index in [1.807, 2.05) is 43.3 Å². The molecule has 174 valence electrons. The van der Waals surface area contributed by atoms with Crippen molar-refractivity contribution in [1.29, 1.82) is 0 Å². The minimum Gasteiger partial charge on any atom is -0.507 e. The number of ether oxygens (including phenoxy) is 1. The fourth-order valence-corrected chi connectivity index (χ4v) is 4.51. The van der Waals surface area contributed by atoms with E-state index >= 15 is 0 Å². The lowest BCUT2D eigenvalue weighted by Gasteiger charge is -2.31. The third-order valence-corrected chi connectivity index (χ3v) is 6.67. The van der Waals surface area contributed by atoms with Crippen molar-refractivity contribution in [2.24, 2.45) is 0 Å². The van der Waals surface area contributed by atoms with E-state index in [0.29, 0.717) is 31.9 Å². The molecule has 0 spiro atoms. The zero-order chi connectivity index (χ0) is 23.5. The second-order valence-corrected chi connectivity index (χ2v) is 9.36. The summed E-state index contributed by atoms with van der Waals surface area (Å²) in [7, 11) is 3.91. The van der Waals surface area contributed by atoms with Gasteiger partial charge in [0.15, 0.2) is 0 Å². The highest BCUT2D eigenvalue weighted by Crippen LogP contribution is 2.39. The highest BCUT2D eigenvalue weighted by molar-refractivity contribution is 9.10. The molecule has 1 atom stereocenters. The highest BCUT2D eigenvalue weighted by atomic mass is 79.9. The van der Waals surface area contributed by atoms with Crippen LogP contribution in [0.15, 0.2) is 58.6 Å². The molecule has 2 heterocycles.